The molecule has 1 atom stereocenters. The Morgan fingerprint density at radius 3 is 1.55 bits per heavy atom. The van der Waals surface area contributed by atoms with Gasteiger partial charge in [0.1, 0.15) is 5.75 Å². The van der Waals surface area contributed by atoms with Crippen molar-refractivity contribution in [1.82, 2.24) is 4.90 Å². The number of hydrogen-bond donors (Lipinski definition) is 1. The molecule has 1 N–H and O–H groups in total. The highest BCUT2D eigenvalue weighted by molar-refractivity contribution is 5.98. The summed E-state index contributed by atoms with van der Waals surface area (Å²) in [5.41, 5.74) is -7.81. The number of methoxy groups -OCH3 is 1. The van der Waals surface area contributed by atoms with E-state index < -0.39 is 47.0 Å². The second-order valence-corrected chi connectivity index (χ2v) is 5.15. The van der Waals surface area contributed by atoms with E-state index in [1.807, 2.05) is 0 Å². The van der Waals surface area contributed by atoms with E-state index in [1.54, 1.807) is 0 Å². The van der Waals surface area contributed by atoms with Crippen molar-refractivity contribution < 1.29 is 62.2 Å². The second-order valence-electron chi connectivity index (χ2n) is 5.15. The summed E-state index contributed by atoms with van der Waals surface area (Å²) >= 11 is 0. The van der Waals surface area contributed by atoms with Gasteiger partial charge in [-0.15, -0.1) is 0 Å². The molecule has 1 aromatic rings. The maximum absolute atomic E-state index is 14.3. The van der Waals surface area contributed by atoms with E-state index in [0.29, 0.717) is 12.1 Å². The smallest absolute Gasteiger partial charge is 0.472 e. The summed E-state index contributed by atoms with van der Waals surface area (Å²) in [6.07, 6.45) is -21.7. The fourth-order valence-corrected chi connectivity index (χ4v) is 1.94. The number of hydrogen-bond acceptors (Lipinski definition) is 3. The second kappa shape index (κ2) is 7.46. The van der Waals surface area contributed by atoms with Gasteiger partial charge in [-0.3, -0.25) is 4.79 Å². The molecular formula is C13H8F12N2O2. The fraction of sp³-hybridized carbons (Fsp3) is 0.462. The molecule has 4 nitrogen and oxygen atoms in total. The maximum atomic E-state index is 14.3. The van der Waals surface area contributed by atoms with Crippen molar-refractivity contribution in [2.45, 2.75) is 30.5 Å². The first kappa shape index (κ1) is 24.6. The highest BCUT2D eigenvalue weighted by atomic mass is 19.4. The Morgan fingerprint density at radius 2 is 1.24 bits per heavy atom. The Morgan fingerprint density at radius 1 is 0.828 bits per heavy atom. The van der Waals surface area contributed by atoms with Crippen LogP contribution in [0, 0.1) is 0 Å². The summed E-state index contributed by atoms with van der Waals surface area (Å²) in [4.78, 5) is 7.63. The minimum atomic E-state index is -7.47. The van der Waals surface area contributed by atoms with Crippen LogP contribution in [0.3, 0.4) is 0 Å². The quantitative estimate of drug-likeness (QED) is 0.514. The summed E-state index contributed by atoms with van der Waals surface area (Å²) < 4.78 is 160. The van der Waals surface area contributed by atoms with Crippen LogP contribution in [0.1, 0.15) is 0 Å². The zero-order chi connectivity index (χ0) is 23.1. The number of ether oxygens (including phenoxy) is 1. The Hall–Kier alpha value is -2.39. The van der Waals surface area contributed by atoms with Crippen LogP contribution in [0.25, 0.3) is 0 Å². The first-order valence-corrected chi connectivity index (χ1v) is 6.83. The third-order valence-corrected chi connectivity index (χ3v) is 3.25. The molecule has 0 aliphatic carbocycles. The number of halogens is 12. The van der Waals surface area contributed by atoms with E-state index in [2.05, 4.69) is 4.74 Å². The van der Waals surface area contributed by atoms with Crippen LogP contribution in [-0.2, 0) is 4.79 Å². The van der Waals surface area contributed by atoms with Gasteiger partial charge in [-0.25, -0.2) is 4.39 Å². The highest BCUT2D eigenvalue weighted by Crippen LogP contribution is 2.53. The van der Waals surface area contributed by atoms with Gasteiger partial charge in [0.25, 0.3) is 5.91 Å². The topological polar surface area (TPSA) is 41.6 Å². The van der Waals surface area contributed by atoms with Crippen molar-refractivity contribution in [3.63, 3.8) is 0 Å². The number of carbonyl (C=O) groups excluding carboxylic acids is 1. The van der Waals surface area contributed by atoms with Gasteiger partial charge in [0.05, 0.1) is 7.11 Å². The molecule has 1 aromatic carbocycles. The number of amides is 1. The van der Waals surface area contributed by atoms with Crippen molar-refractivity contribution in [2.75, 3.05) is 12.4 Å². The molecule has 0 aromatic heterocycles. The summed E-state index contributed by atoms with van der Waals surface area (Å²) in [7, 11) is 1.12. The standard InChI is InChI=1S/C13H8F12N2O2/c1-29-7-4-2-6(3-5-7)26-8(28)9(14,10(15,16)17)11(18,19)27(12(20,21)22)13(23,24)25/h2-5H,1H3,(H,26,28)/t9-/m1/s1. The monoisotopic (exact) mass is 452 g/mol. The molecule has 0 aliphatic heterocycles. The minimum absolute atomic E-state index is 0.0102. The predicted octanol–water partition coefficient (Wildman–Crippen LogP) is 4.84. The molecule has 29 heavy (non-hydrogen) atoms. The predicted molar refractivity (Wildman–Crippen MR) is 70.4 cm³/mol. The molecule has 166 valence electrons. The molecule has 0 radical (unpaired) electrons. The summed E-state index contributed by atoms with van der Waals surface area (Å²) in [5.74, 6) is -3.50. The van der Waals surface area contributed by atoms with Gasteiger partial charge < -0.3 is 10.1 Å². The van der Waals surface area contributed by atoms with Crippen LogP contribution in [-0.4, -0.2) is 48.4 Å². The number of nitrogens with one attached hydrogen (secondary N) is 1. The van der Waals surface area contributed by atoms with Gasteiger partial charge in [-0.1, -0.05) is 4.90 Å². The van der Waals surface area contributed by atoms with Crippen molar-refractivity contribution in [2.24, 2.45) is 0 Å². The Bertz CT molecular complexity index is 711. The van der Waals surface area contributed by atoms with Gasteiger partial charge in [-0.05, 0) is 24.3 Å². The van der Waals surface area contributed by atoms with Crippen LogP contribution in [0.4, 0.5) is 58.4 Å². The maximum Gasteiger partial charge on any atom is 0.472 e. The molecule has 1 amide bonds. The molecule has 0 aliphatic rings. The zero-order valence-corrected chi connectivity index (χ0v) is 13.6. The first-order chi connectivity index (χ1) is 12.8. The lowest BCUT2D eigenvalue weighted by atomic mass is 9.99. The molecule has 0 spiro atoms. The van der Waals surface area contributed by atoms with Crippen LogP contribution in [0.2, 0.25) is 0 Å². The minimum Gasteiger partial charge on any atom is -0.497 e. The highest BCUT2D eigenvalue weighted by Gasteiger charge is 2.84. The molecule has 0 bridgehead atoms. The van der Waals surface area contributed by atoms with E-state index in [1.165, 1.54) is 0 Å². The SMILES string of the molecule is COc1ccc(NC(=O)[C@@](F)(C(F)(F)F)C(F)(F)N(C(F)(F)F)C(F)(F)F)cc1. The fourth-order valence-electron chi connectivity index (χ4n) is 1.94. The van der Waals surface area contributed by atoms with Gasteiger partial charge in [0.2, 0.25) is 0 Å². The average Bonchev–Trinajstić information content (AvgIpc) is 2.50. The molecule has 0 heterocycles. The van der Waals surface area contributed by atoms with Crippen molar-refractivity contribution in [3.05, 3.63) is 24.3 Å². The molecule has 0 saturated heterocycles. The first-order valence-electron chi connectivity index (χ1n) is 6.83. The lowest BCUT2D eigenvalue weighted by Gasteiger charge is -2.40. The third kappa shape index (κ3) is 4.62. The summed E-state index contributed by atoms with van der Waals surface area (Å²) in [5, 5.41) is 0.873. The van der Waals surface area contributed by atoms with Crippen molar-refractivity contribution >= 4 is 11.6 Å². The van der Waals surface area contributed by atoms with Crippen LogP contribution < -0.4 is 10.1 Å². The Balaban J connectivity index is 3.53. The van der Waals surface area contributed by atoms with Crippen molar-refractivity contribution in [1.29, 1.82) is 0 Å². The Labute approximate surface area is 153 Å². The summed E-state index contributed by atoms with van der Waals surface area (Å²) in [6.45, 7) is 0. The van der Waals surface area contributed by atoms with E-state index in [-0.39, 0.29) is 5.75 Å². The molecule has 0 saturated carbocycles. The number of nitrogens with zero attached hydrogens (tertiary/aromatic N) is 1. The van der Waals surface area contributed by atoms with Gasteiger partial charge in [-0.2, -0.15) is 48.3 Å². The third-order valence-electron chi connectivity index (χ3n) is 3.25. The van der Waals surface area contributed by atoms with Gasteiger partial charge in [0.15, 0.2) is 0 Å². The van der Waals surface area contributed by atoms with Gasteiger partial charge >= 0.3 is 30.5 Å². The van der Waals surface area contributed by atoms with Crippen LogP contribution >= 0.6 is 0 Å². The molecular weight excluding hydrogens is 444 g/mol. The Kier molecular flexibility index (Phi) is 6.34. The normalized spacial score (nSPS) is 15.8. The molecule has 1 rings (SSSR count). The molecule has 16 heteroatoms. The number of rotatable bonds is 5. The lowest BCUT2D eigenvalue weighted by molar-refractivity contribution is -0.468. The largest absolute Gasteiger partial charge is 0.497 e. The average molecular weight is 452 g/mol. The summed E-state index contributed by atoms with van der Waals surface area (Å²) in [6, 6.07) is -4.32. The van der Waals surface area contributed by atoms with E-state index in [9.17, 15) is 57.5 Å². The van der Waals surface area contributed by atoms with E-state index in [4.69, 9.17) is 0 Å². The van der Waals surface area contributed by atoms with Crippen molar-refractivity contribution in [3.8, 4) is 5.75 Å². The number of carbonyl (C=O) groups is 1. The lowest BCUT2D eigenvalue weighted by Crippen LogP contribution is -2.73. The molecule has 0 unspecified atom stereocenters. The number of alkyl halides is 12. The zero-order valence-electron chi connectivity index (χ0n) is 13.6. The number of benzene rings is 1. The van der Waals surface area contributed by atoms with E-state index >= 15 is 0 Å². The molecule has 0 fully saturated rings. The van der Waals surface area contributed by atoms with Gasteiger partial charge in [0, 0.05) is 5.69 Å². The van der Waals surface area contributed by atoms with E-state index in [0.717, 1.165) is 24.6 Å². The number of anilines is 1. The van der Waals surface area contributed by atoms with Crippen LogP contribution in [0.15, 0.2) is 24.3 Å². The van der Waals surface area contributed by atoms with Crippen LogP contribution in [0.5, 0.6) is 5.75 Å².